The molecule has 1 spiro atoms. The second kappa shape index (κ2) is 9.76. The lowest BCUT2D eigenvalue weighted by atomic mass is 9.80. The van der Waals surface area contributed by atoms with Crippen LogP contribution in [0.3, 0.4) is 0 Å². The zero-order valence-corrected chi connectivity index (χ0v) is 19.7. The third kappa shape index (κ3) is 4.45. The van der Waals surface area contributed by atoms with E-state index in [4.69, 9.17) is 9.47 Å². The van der Waals surface area contributed by atoms with Crippen molar-refractivity contribution in [1.29, 1.82) is 0 Å². The third-order valence-electron chi connectivity index (χ3n) is 7.05. The number of rotatable bonds is 6. The molecule has 174 valence electrons. The van der Waals surface area contributed by atoms with E-state index in [2.05, 4.69) is 54.6 Å². The monoisotopic (exact) mass is 453 g/mol. The van der Waals surface area contributed by atoms with Gasteiger partial charge in [-0.1, -0.05) is 73.2 Å². The molecule has 3 aromatic carbocycles. The zero-order chi connectivity index (χ0) is 23.4. The van der Waals surface area contributed by atoms with Crippen LogP contribution in [0.5, 0.6) is 5.75 Å². The minimum Gasteiger partial charge on any atom is -0.497 e. The number of carbonyl (C=O) groups is 1. The van der Waals surface area contributed by atoms with Gasteiger partial charge in [-0.25, -0.2) is 9.69 Å². The average Bonchev–Trinajstić information content (AvgIpc) is 3.15. The fourth-order valence-electron chi connectivity index (χ4n) is 5.28. The lowest BCUT2D eigenvalue weighted by Crippen LogP contribution is -2.35. The van der Waals surface area contributed by atoms with E-state index in [1.165, 1.54) is 17.5 Å². The maximum Gasteiger partial charge on any atom is 0.419 e. The summed E-state index contributed by atoms with van der Waals surface area (Å²) in [4.78, 5) is 15.1. The zero-order valence-electron chi connectivity index (χ0n) is 19.7. The van der Waals surface area contributed by atoms with E-state index in [1.807, 2.05) is 36.4 Å². The van der Waals surface area contributed by atoms with Crippen LogP contribution in [0, 0.1) is 0 Å². The number of hydrogen-bond acceptors (Lipinski definition) is 3. The molecule has 1 aliphatic carbocycles. The largest absolute Gasteiger partial charge is 0.497 e. The van der Waals surface area contributed by atoms with Gasteiger partial charge in [-0.05, 0) is 67.5 Å². The first kappa shape index (κ1) is 22.3. The maximum absolute atomic E-state index is 13.3. The molecule has 0 radical (unpaired) electrons. The fourth-order valence-corrected chi connectivity index (χ4v) is 5.28. The van der Waals surface area contributed by atoms with Crippen molar-refractivity contribution >= 4 is 11.8 Å². The van der Waals surface area contributed by atoms with Gasteiger partial charge in [0.05, 0.1) is 18.5 Å². The molecular weight excluding hydrogens is 422 g/mol. The molecule has 0 N–H and O–H groups in total. The fraction of sp³-hybridized carbons (Fsp3) is 0.300. The number of benzene rings is 3. The van der Waals surface area contributed by atoms with Gasteiger partial charge < -0.3 is 9.47 Å². The summed E-state index contributed by atoms with van der Waals surface area (Å²) in [5.41, 5.74) is 3.74. The number of hydrogen-bond donors (Lipinski definition) is 0. The van der Waals surface area contributed by atoms with Crippen LogP contribution in [-0.2, 0) is 11.2 Å². The highest BCUT2D eigenvalue weighted by Gasteiger charge is 2.51. The molecule has 1 saturated heterocycles. The van der Waals surface area contributed by atoms with Crippen LogP contribution in [0.4, 0.5) is 10.5 Å². The second-order valence-corrected chi connectivity index (χ2v) is 9.22. The highest BCUT2D eigenvalue weighted by atomic mass is 16.6. The Bertz CT molecular complexity index is 1130. The molecule has 1 heterocycles. The van der Waals surface area contributed by atoms with Gasteiger partial charge in [0.1, 0.15) is 5.75 Å². The number of nitrogens with zero attached hydrogens (tertiary/aromatic N) is 1. The van der Waals surface area contributed by atoms with Crippen LogP contribution in [0.1, 0.15) is 49.1 Å². The topological polar surface area (TPSA) is 38.8 Å². The Labute approximate surface area is 201 Å². The van der Waals surface area contributed by atoms with Crippen LogP contribution in [-0.4, -0.2) is 18.8 Å². The maximum atomic E-state index is 13.3. The number of allylic oxidation sites excluding steroid dienone is 1. The Kier molecular flexibility index (Phi) is 6.39. The highest BCUT2D eigenvalue weighted by Crippen LogP contribution is 2.47. The van der Waals surface area contributed by atoms with Crippen molar-refractivity contribution in [3.8, 4) is 5.75 Å². The van der Waals surface area contributed by atoms with Crippen molar-refractivity contribution in [1.82, 2.24) is 0 Å². The summed E-state index contributed by atoms with van der Waals surface area (Å²) < 4.78 is 11.5. The van der Waals surface area contributed by atoms with Gasteiger partial charge >= 0.3 is 6.09 Å². The van der Waals surface area contributed by atoms with E-state index in [0.29, 0.717) is 0 Å². The van der Waals surface area contributed by atoms with Crippen molar-refractivity contribution < 1.29 is 14.3 Å². The first-order valence-electron chi connectivity index (χ1n) is 12.2. The molecule has 1 amide bonds. The quantitative estimate of drug-likeness (QED) is 0.394. The first-order chi connectivity index (χ1) is 16.7. The minimum atomic E-state index is -0.557. The van der Waals surface area contributed by atoms with E-state index in [1.54, 1.807) is 12.0 Å². The number of carbonyl (C=O) groups excluding carboxylic acids is 1. The molecule has 0 unspecified atom stereocenters. The van der Waals surface area contributed by atoms with E-state index < -0.39 is 5.60 Å². The van der Waals surface area contributed by atoms with Crippen LogP contribution in [0.25, 0.3) is 0 Å². The van der Waals surface area contributed by atoms with Gasteiger partial charge in [0.15, 0.2) is 5.60 Å². The Morgan fingerprint density at radius 3 is 2.21 bits per heavy atom. The molecule has 4 heteroatoms. The summed E-state index contributed by atoms with van der Waals surface area (Å²) in [6.07, 6.45) is 7.91. The summed E-state index contributed by atoms with van der Waals surface area (Å²) in [6.45, 7) is 0. The van der Waals surface area contributed by atoms with Crippen LogP contribution in [0.15, 0.2) is 96.7 Å². The smallest absolute Gasteiger partial charge is 0.419 e. The Hall–Kier alpha value is -3.53. The minimum absolute atomic E-state index is 0.118. The molecule has 5 rings (SSSR count). The van der Waals surface area contributed by atoms with Gasteiger partial charge in [0, 0.05) is 5.92 Å². The lowest BCUT2D eigenvalue weighted by Gasteiger charge is -2.33. The van der Waals surface area contributed by atoms with E-state index >= 15 is 0 Å². The molecule has 1 saturated carbocycles. The SMILES string of the molecule is COc1ccc(N2C(=O)OC3(CCCCC3)/C2=C/[C@H](Cc2ccccc2)c2ccccc2)cc1. The third-order valence-corrected chi connectivity index (χ3v) is 7.05. The summed E-state index contributed by atoms with van der Waals surface area (Å²) in [6, 6.07) is 28.8. The molecule has 1 aliphatic heterocycles. The molecule has 2 aliphatic rings. The molecule has 0 aromatic heterocycles. The number of amides is 1. The number of anilines is 1. The van der Waals surface area contributed by atoms with E-state index in [9.17, 15) is 4.79 Å². The van der Waals surface area contributed by atoms with Crippen LogP contribution >= 0.6 is 0 Å². The van der Waals surface area contributed by atoms with Gasteiger partial charge in [0.2, 0.25) is 0 Å². The molecule has 34 heavy (non-hydrogen) atoms. The molecule has 3 aromatic rings. The molecule has 1 atom stereocenters. The van der Waals surface area contributed by atoms with Crippen molar-refractivity contribution in [2.75, 3.05) is 12.0 Å². The lowest BCUT2D eigenvalue weighted by molar-refractivity contribution is 0.0406. The van der Waals surface area contributed by atoms with Crippen LogP contribution in [0.2, 0.25) is 0 Å². The van der Waals surface area contributed by atoms with Crippen molar-refractivity contribution in [3.05, 3.63) is 108 Å². The van der Waals surface area contributed by atoms with Crippen molar-refractivity contribution in [2.24, 2.45) is 0 Å². The predicted molar refractivity (Wildman–Crippen MR) is 135 cm³/mol. The average molecular weight is 454 g/mol. The summed E-state index contributed by atoms with van der Waals surface area (Å²) in [5, 5.41) is 0. The molecular formula is C30H31NO3. The van der Waals surface area contributed by atoms with E-state index in [0.717, 1.165) is 49.2 Å². The standard InChI is InChI=1S/C30H31NO3/c1-33-27-17-15-26(16-18-27)31-28(30(34-29(31)32)19-9-4-10-20-30)22-25(24-13-7-3-8-14-24)21-23-11-5-2-6-12-23/h2-3,5-8,11-18,22,25H,4,9-10,19-21H2,1H3/b28-22-/t25-/m0/s1. The normalized spacial score (nSPS) is 19.3. The van der Waals surface area contributed by atoms with Gasteiger partial charge in [-0.2, -0.15) is 0 Å². The summed E-state index contributed by atoms with van der Waals surface area (Å²) >= 11 is 0. The Balaban J connectivity index is 1.61. The van der Waals surface area contributed by atoms with Crippen molar-refractivity contribution in [3.63, 3.8) is 0 Å². The highest BCUT2D eigenvalue weighted by molar-refractivity contribution is 5.95. The van der Waals surface area contributed by atoms with E-state index in [-0.39, 0.29) is 12.0 Å². The Morgan fingerprint density at radius 2 is 1.56 bits per heavy atom. The van der Waals surface area contributed by atoms with Crippen LogP contribution < -0.4 is 9.64 Å². The van der Waals surface area contributed by atoms with Crippen molar-refractivity contribution in [2.45, 2.75) is 50.0 Å². The predicted octanol–water partition coefficient (Wildman–Crippen LogP) is 7.27. The molecule has 4 nitrogen and oxygen atoms in total. The molecule has 2 fully saturated rings. The van der Waals surface area contributed by atoms with Gasteiger partial charge in [-0.15, -0.1) is 0 Å². The number of ether oxygens (including phenoxy) is 2. The molecule has 0 bridgehead atoms. The Morgan fingerprint density at radius 1 is 0.912 bits per heavy atom. The number of methoxy groups -OCH3 is 1. The second-order valence-electron chi connectivity index (χ2n) is 9.22. The van der Waals surface area contributed by atoms with Gasteiger partial charge in [0.25, 0.3) is 0 Å². The first-order valence-corrected chi connectivity index (χ1v) is 12.2. The van der Waals surface area contributed by atoms with Gasteiger partial charge in [-0.3, -0.25) is 0 Å². The summed E-state index contributed by atoms with van der Waals surface area (Å²) in [5.74, 6) is 0.883. The summed E-state index contributed by atoms with van der Waals surface area (Å²) in [7, 11) is 1.65.